The number of amides is 1. The number of hydrogen-bond donors (Lipinski definition) is 2. The van der Waals surface area contributed by atoms with Gasteiger partial charge in [-0.25, -0.2) is 4.98 Å². The van der Waals surface area contributed by atoms with Crippen molar-refractivity contribution in [3.63, 3.8) is 0 Å². The van der Waals surface area contributed by atoms with Gasteiger partial charge in [0.2, 0.25) is 5.91 Å². The van der Waals surface area contributed by atoms with Gasteiger partial charge in [-0.15, -0.1) is 0 Å². The van der Waals surface area contributed by atoms with E-state index in [2.05, 4.69) is 32.3 Å². The van der Waals surface area contributed by atoms with Crippen LogP contribution in [-0.2, 0) is 10.2 Å². The molecule has 0 radical (unpaired) electrons. The lowest BCUT2D eigenvalue weighted by atomic mass is 9.77. The zero-order chi connectivity index (χ0) is 19.1. The summed E-state index contributed by atoms with van der Waals surface area (Å²) < 4.78 is 0. The monoisotopic (exact) mass is 378 g/mol. The first-order valence-electron chi connectivity index (χ1n) is 10.2. The van der Waals surface area contributed by atoms with Gasteiger partial charge < -0.3 is 15.3 Å². The van der Waals surface area contributed by atoms with Crippen molar-refractivity contribution < 1.29 is 9.90 Å². The molecule has 2 aliphatic carbocycles. The second kappa shape index (κ2) is 6.85. The summed E-state index contributed by atoms with van der Waals surface area (Å²) in [5.74, 6) is 1.77. The number of hydrogen-bond acceptors (Lipinski definition) is 5. The second-order valence-corrected chi connectivity index (χ2v) is 8.56. The summed E-state index contributed by atoms with van der Waals surface area (Å²) in [5.41, 5.74) is 0.849. The first-order chi connectivity index (χ1) is 13.7. The van der Waals surface area contributed by atoms with Crippen LogP contribution in [-0.4, -0.2) is 51.1 Å². The van der Waals surface area contributed by atoms with Crippen molar-refractivity contribution in [2.75, 3.05) is 18.4 Å². The molecule has 6 heteroatoms. The molecule has 0 unspecified atom stereocenters. The van der Waals surface area contributed by atoms with Crippen LogP contribution in [0.3, 0.4) is 0 Å². The highest BCUT2D eigenvalue weighted by molar-refractivity contribution is 5.91. The number of carbonyl (C=O) groups excluding carboxylic acids is 1. The Bertz CT molecular complexity index is 840. The molecule has 0 spiro atoms. The van der Waals surface area contributed by atoms with Gasteiger partial charge in [-0.3, -0.25) is 9.78 Å². The third kappa shape index (κ3) is 3.05. The highest BCUT2D eigenvalue weighted by Crippen LogP contribution is 2.51. The molecule has 3 fully saturated rings. The predicted molar refractivity (Wildman–Crippen MR) is 106 cm³/mol. The van der Waals surface area contributed by atoms with Crippen LogP contribution in [0.1, 0.15) is 31.2 Å². The van der Waals surface area contributed by atoms with Crippen LogP contribution in [0.5, 0.6) is 0 Å². The fraction of sp³-hybridized carbons (Fsp3) is 0.500. The molecule has 2 N–H and O–H groups in total. The topological polar surface area (TPSA) is 78.4 Å². The summed E-state index contributed by atoms with van der Waals surface area (Å²) in [6, 6.07) is 10.2. The van der Waals surface area contributed by atoms with Crippen molar-refractivity contribution in [1.29, 1.82) is 0 Å². The molecule has 5 rings (SSSR count). The van der Waals surface area contributed by atoms with Gasteiger partial charge in [0.25, 0.3) is 0 Å². The fourth-order valence-corrected chi connectivity index (χ4v) is 5.13. The molecule has 2 aromatic rings. The third-order valence-electron chi connectivity index (χ3n) is 6.81. The van der Waals surface area contributed by atoms with Gasteiger partial charge in [0, 0.05) is 25.5 Å². The number of benzene rings is 1. The van der Waals surface area contributed by atoms with Crippen molar-refractivity contribution in [3.05, 3.63) is 54.5 Å². The van der Waals surface area contributed by atoms with E-state index in [-0.39, 0.29) is 17.4 Å². The molecule has 1 amide bonds. The Kier molecular flexibility index (Phi) is 4.31. The van der Waals surface area contributed by atoms with Crippen LogP contribution in [0.4, 0.5) is 5.82 Å². The van der Waals surface area contributed by atoms with Gasteiger partial charge in [-0.1, -0.05) is 30.3 Å². The number of aromatic nitrogens is 2. The summed E-state index contributed by atoms with van der Waals surface area (Å²) in [6.45, 7) is 1.57. The number of nitrogens with one attached hydrogen (secondary N) is 1. The molecule has 2 saturated carbocycles. The first-order valence-corrected chi connectivity index (χ1v) is 10.2. The van der Waals surface area contributed by atoms with Crippen LogP contribution >= 0.6 is 0 Å². The Hall–Kier alpha value is -2.47. The molecule has 4 atom stereocenters. The number of nitrogens with zero attached hydrogens (tertiary/aromatic N) is 3. The molecule has 6 nitrogen and oxygen atoms in total. The minimum Gasteiger partial charge on any atom is -0.391 e. The normalized spacial score (nSPS) is 30.5. The van der Waals surface area contributed by atoms with Gasteiger partial charge in [0.05, 0.1) is 23.8 Å². The lowest BCUT2D eigenvalue weighted by molar-refractivity contribution is -0.133. The summed E-state index contributed by atoms with van der Waals surface area (Å²) in [6.07, 6.45) is 8.01. The average Bonchev–Trinajstić information content (AvgIpc) is 3.44. The zero-order valence-electron chi connectivity index (χ0n) is 15.9. The molecule has 28 heavy (non-hydrogen) atoms. The number of likely N-dealkylation sites (tertiary alicyclic amines) is 1. The molecule has 1 aromatic heterocycles. The largest absolute Gasteiger partial charge is 0.391 e. The second-order valence-electron chi connectivity index (χ2n) is 8.56. The molecule has 1 saturated heterocycles. The summed E-state index contributed by atoms with van der Waals surface area (Å²) >= 11 is 0. The standard InChI is InChI=1S/C22H26N4O2/c27-19-11-16-14-26(21(28)22(6-7-22)17-4-2-1-3-5-17)13-15(16)10-18(19)25-20-12-23-8-9-24-20/h1-5,8-9,12,15-16,18-19,27H,6-7,10-11,13-14H2,(H,24,25)/t15-,16+,18-,19-/m1/s1. The van der Waals surface area contributed by atoms with Gasteiger partial charge >= 0.3 is 0 Å². The molecule has 1 aromatic carbocycles. The van der Waals surface area contributed by atoms with E-state index >= 15 is 0 Å². The first kappa shape index (κ1) is 17.6. The predicted octanol–water partition coefficient (Wildman–Crippen LogP) is 2.22. The fourth-order valence-electron chi connectivity index (χ4n) is 5.13. The van der Waals surface area contributed by atoms with E-state index in [1.165, 1.54) is 0 Å². The summed E-state index contributed by atoms with van der Waals surface area (Å²) in [4.78, 5) is 23.8. The Labute approximate surface area is 165 Å². The number of carbonyl (C=O) groups is 1. The smallest absolute Gasteiger partial charge is 0.233 e. The van der Waals surface area contributed by atoms with Gasteiger partial charge in [-0.05, 0) is 43.1 Å². The highest BCUT2D eigenvalue weighted by atomic mass is 16.3. The quantitative estimate of drug-likeness (QED) is 0.853. The minimum absolute atomic E-state index is 0.0444. The zero-order valence-corrected chi connectivity index (χ0v) is 15.9. The van der Waals surface area contributed by atoms with Gasteiger partial charge in [0.1, 0.15) is 5.82 Å². The minimum atomic E-state index is -0.428. The lowest BCUT2D eigenvalue weighted by Crippen LogP contribution is -2.43. The maximum atomic E-state index is 13.4. The SMILES string of the molecule is O=C(N1C[C@H]2C[C@@H](Nc3cnccn3)[C@H](O)C[C@H]2C1)C1(c2ccccc2)CC1. The number of aliphatic hydroxyl groups is 1. The number of rotatable bonds is 4. The van der Waals surface area contributed by atoms with Crippen molar-refractivity contribution in [2.45, 2.75) is 43.2 Å². The third-order valence-corrected chi connectivity index (χ3v) is 6.81. The average molecular weight is 378 g/mol. The van der Waals surface area contributed by atoms with Crippen molar-refractivity contribution in [1.82, 2.24) is 14.9 Å². The Balaban J connectivity index is 1.27. The van der Waals surface area contributed by atoms with Crippen LogP contribution in [0.15, 0.2) is 48.9 Å². The van der Waals surface area contributed by atoms with Crippen LogP contribution < -0.4 is 5.32 Å². The molecule has 1 aliphatic heterocycles. The molecular weight excluding hydrogens is 352 g/mol. The van der Waals surface area contributed by atoms with Crippen molar-refractivity contribution >= 4 is 11.7 Å². The van der Waals surface area contributed by atoms with Gasteiger partial charge in [0.15, 0.2) is 0 Å². The van der Waals surface area contributed by atoms with Crippen LogP contribution in [0.2, 0.25) is 0 Å². The van der Waals surface area contributed by atoms with E-state index < -0.39 is 6.10 Å². The lowest BCUT2D eigenvalue weighted by Gasteiger charge is -2.35. The molecule has 3 aliphatic rings. The van der Waals surface area contributed by atoms with E-state index in [0.717, 1.165) is 44.3 Å². The molecular formula is C22H26N4O2. The summed E-state index contributed by atoms with van der Waals surface area (Å²) in [5, 5.41) is 14.0. The van der Waals surface area contributed by atoms with E-state index in [4.69, 9.17) is 0 Å². The van der Waals surface area contributed by atoms with Crippen molar-refractivity contribution in [3.8, 4) is 0 Å². The Morgan fingerprint density at radius 1 is 1.11 bits per heavy atom. The number of fused-ring (bicyclic) bond motifs is 1. The molecule has 0 bridgehead atoms. The van der Waals surface area contributed by atoms with Gasteiger partial charge in [-0.2, -0.15) is 0 Å². The maximum absolute atomic E-state index is 13.4. The van der Waals surface area contributed by atoms with E-state index in [1.807, 2.05) is 18.2 Å². The van der Waals surface area contributed by atoms with Crippen LogP contribution in [0.25, 0.3) is 0 Å². The summed E-state index contributed by atoms with van der Waals surface area (Å²) in [7, 11) is 0. The van der Waals surface area contributed by atoms with E-state index in [0.29, 0.717) is 17.7 Å². The number of aliphatic hydroxyl groups excluding tert-OH is 1. The van der Waals surface area contributed by atoms with E-state index in [1.54, 1.807) is 18.6 Å². The molecule has 146 valence electrons. The highest BCUT2D eigenvalue weighted by Gasteiger charge is 2.55. The Morgan fingerprint density at radius 2 is 1.86 bits per heavy atom. The van der Waals surface area contributed by atoms with E-state index in [9.17, 15) is 9.90 Å². The Morgan fingerprint density at radius 3 is 2.54 bits per heavy atom. The van der Waals surface area contributed by atoms with Crippen molar-refractivity contribution in [2.24, 2.45) is 11.8 Å². The maximum Gasteiger partial charge on any atom is 0.233 e. The van der Waals surface area contributed by atoms with Crippen LogP contribution in [0, 0.1) is 11.8 Å². The molecule has 2 heterocycles. The number of anilines is 1.